The number of rotatable bonds is 8. The number of carbonyl (C=O) groups is 1. The zero-order chi connectivity index (χ0) is 14.8. The molecule has 2 saturated carbocycles. The lowest BCUT2D eigenvalue weighted by atomic mass is 9.84. The van der Waals surface area contributed by atoms with Gasteiger partial charge in [-0.1, -0.05) is 6.42 Å². The fourth-order valence-corrected chi connectivity index (χ4v) is 3.30. The summed E-state index contributed by atoms with van der Waals surface area (Å²) in [5, 5.41) is 12.9. The lowest BCUT2D eigenvalue weighted by Gasteiger charge is -2.33. The monoisotopic (exact) mass is 290 g/mol. The van der Waals surface area contributed by atoms with Gasteiger partial charge in [0, 0.05) is 6.04 Å². The lowest BCUT2D eigenvalue weighted by Crippen LogP contribution is -2.56. The SMILES string of the molecule is CN(CCC1CCCC1(NC1CC1)C(=O)O)CC(F)F. The van der Waals surface area contributed by atoms with Crippen molar-refractivity contribution in [2.45, 2.75) is 56.5 Å². The second-order valence-corrected chi connectivity index (χ2v) is 6.23. The van der Waals surface area contributed by atoms with Gasteiger partial charge in [-0.3, -0.25) is 10.1 Å². The Labute approximate surface area is 118 Å². The van der Waals surface area contributed by atoms with Crippen molar-refractivity contribution in [3.8, 4) is 0 Å². The summed E-state index contributed by atoms with van der Waals surface area (Å²) in [5.41, 5.74) is -0.827. The van der Waals surface area contributed by atoms with Gasteiger partial charge in [-0.25, -0.2) is 8.78 Å². The number of carboxylic acid groups (broad SMARTS) is 1. The molecule has 2 unspecified atom stereocenters. The maximum absolute atomic E-state index is 12.3. The number of alkyl halides is 2. The van der Waals surface area contributed by atoms with Crippen molar-refractivity contribution in [1.29, 1.82) is 0 Å². The van der Waals surface area contributed by atoms with E-state index in [1.165, 1.54) is 0 Å². The van der Waals surface area contributed by atoms with Gasteiger partial charge in [-0.05, 0) is 51.6 Å². The Morgan fingerprint density at radius 1 is 1.45 bits per heavy atom. The Hall–Kier alpha value is -0.750. The van der Waals surface area contributed by atoms with E-state index in [2.05, 4.69) is 5.32 Å². The van der Waals surface area contributed by atoms with Crippen molar-refractivity contribution < 1.29 is 18.7 Å². The summed E-state index contributed by atoms with van der Waals surface area (Å²) in [7, 11) is 1.66. The Bertz CT molecular complexity index is 350. The third-order valence-corrected chi connectivity index (χ3v) is 4.55. The Kier molecular flexibility index (Phi) is 4.96. The molecular weight excluding hydrogens is 266 g/mol. The minimum Gasteiger partial charge on any atom is -0.480 e. The number of nitrogens with one attached hydrogen (secondary N) is 1. The third-order valence-electron chi connectivity index (χ3n) is 4.55. The molecule has 0 bridgehead atoms. The van der Waals surface area contributed by atoms with Gasteiger partial charge < -0.3 is 10.0 Å². The van der Waals surface area contributed by atoms with Crippen LogP contribution in [0, 0.1) is 5.92 Å². The van der Waals surface area contributed by atoms with Gasteiger partial charge in [0.1, 0.15) is 5.54 Å². The largest absolute Gasteiger partial charge is 0.480 e. The molecule has 2 fully saturated rings. The molecule has 0 amide bonds. The van der Waals surface area contributed by atoms with Crippen LogP contribution in [0.4, 0.5) is 8.78 Å². The second kappa shape index (κ2) is 6.35. The molecule has 2 N–H and O–H groups in total. The second-order valence-electron chi connectivity index (χ2n) is 6.23. The number of aliphatic carboxylic acids is 1. The molecule has 0 radical (unpaired) electrons. The first-order chi connectivity index (χ1) is 9.44. The minimum atomic E-state index is -2.34. The smallest absolute Gasteiger partial charge is 0.324 e. The first-order valence-corrected chi connectivity index (χ1v) is 7.42. The summed E-state index contributed by atoms with van der Waals surface area (Å²) >= 11 is 0. The summed E-state index contributed by atoms with van der Waals surface area (Å²) in [6.07, 6.45) is 2.85. The highest BCUT2D eigenvalue weighted by Gasteiger charge is 2.51. The van der Waals surface area contributed by atoms with Crippen molar-refractivity contribution in [2.24, 2.45) is 5.92 Å². The molecule has 2 atom stereocenters. The Morgan fingerprint density at radius 2 is 2.15 bits per heavy atom. The van der Waals surface area contributed by atoms with Crippen molar-refractivity contribution >= 4 is 5.97 Å². The molecule has 0 saturated heterocycles. The van der Waals surface area contributed by atoms with Crippen LogP contribution in [0.2, 0.25) is 0 Å². The van der Waals surface area contributed by atoms with E-state index in [9.17, 15) is 18.7 Å². The van der Waals surface area contributed by atoms with Crippen molar-refractivity contribution in [2.75, 3.05) is 20.1 Å². The molecule has 0 aliphatic heterocycles. The van der Waals surface area contributed by atoms with E-state index in [0.29, 0.717) is 25.4 Å². The van der Waals surface area contributed by atoms with E-state index < -0.39 is 17.9 Å². The van der Waals surface area contributed by atoms with E-state index in [1.54, 1.807) is 11.9 Å². The molecule has 2 aliphatic carbocycles. The van der Waals surface area contributed by atoms with Crippen LogP contribution < -0.4 is 5.32 Å². The molecule has 116 valence electrons. The van der Waals surface area contributed by atoms with Crippen molar-refractivity contribution in [3.05, 3.63) is 0 Å². The Balaban J connectivity index is 1.92. The van der Waals surface area contributed by atoms with Crippen LogP contribution in [0.25, 0.3) is 0 Å². The van der Waals surface area contributed by atoms with Crippen LogP contribution in [0.5, 0.6) is 0 Å². The molecule has 0 aromatic heterocycles. The van der Waals surface area contributed by atoms with Crippen LogP contribution in [-0.4, -0.2) is 54.1 Å². The molecule has 6 heteroatoms. The molecule has 2 rings (SSSR count). The Morgan fingerprint density at radius 3 is 2.70 bits per heavy atom. The van der Waals surface area contributed by atoms with Crippen molar-refractivity contribution in [3.63, 3.8) is 0 Å². The summed E-state index contributed by atoms with van der Waals surface area (Å²) in [6.45, 7) is 0.277. The standard InChI is InChI=1S/C14H24F2N2O2/c1-18(9-12(15)16)8-6-10-3-2-7-14(10,13(19)20)17-11-4-5-11/h10-12,17H,2-9H2,1H3,(H,19,20). The van der Waals surface area contributed by atoms with Crippen LogP contribution >= 0.6 is 0 Å². The normalized spacial score (nSPS) is 30.4. The number of nitrogens with zero attached hydrogens (tertiary/aromatic N) is 1. The summed E-state index contributed by atoms with van der Waals surface area (Å²) < 4.78 is 24.6. The molecular formula is C14H24F2N2O2. The zero-order valence-corrected chi connectivity index (χ0v) is 11.9. The fraction of sp³-hybridized carbons (Fsp3) is 0.929. The predicted octanol–water partition coefficient (Wildman–Crippen LogP) is 1.95. The first-order valence-electron chi connectivity index (χ1n) is 7.42. The molecule has 4 nitrogen and oxygen atoms in total. The van der Waals surface area contributed by atoms with Crippen LogP contribution in [0.15, 0.2) is 0 Å². The third kappa shape index (κ3) is 3.67. The topological polar surface area (TPSA) is 52.6 Å². The average molecular weight is 290 g/mol. The summed E-state index contributed by atoms with van der Waals surface area (Å²) in [4.78, 5) is 13.3. The van der Waals surface area contributed by atoms with E-state index in [4.69, 9.17) is 0 Å². The van der Waals surface area contributed by atoms with Gasteiger partial charge in [0.05, 0.1) is 6.54 Å². The van der Waals surface area contributed by atoms with Gasteiger partial charge in [0.25, 0.3) is 6.43 Å². The van der Waals surface area contributed by atoms with Crippen molar-refractivity contribution in [1.82, 2.24) is 10.2 Å². The maximum atomic E-state index is 12.3. The van der Waals surface area contributed by atoms with Crippen LogP contribution in [-0.2, 0) is 4.79 Å². The highest BCUT2D eigenvalue weighted by atomic mass is 19.3. The first kappa shape index (κ1) is 15.6. The average Bonchev–Trinajstić information content (AvgIpc) is 3.05. The molecule has 0 aromatic rings. The van der Waals surface area contributed by atoms with E-state index >= 15 is 0 Å². The van der Waals surface area contributed by atoms with Gasteiger partial charge in [0.15, 0.2) is 0 Å². The molecule has 20 heavy (non-hydrogen) atoms. The predicted molar refractivity (Wildman–Crippen MR) is 72.0 cm³/mol. The molecule has 2 aliphatic rings. The summed E-state index contributed by atoms with van der Waals surface area (Å²) in [6, 6.07) is 0.338. The highest BCUT2D eigenvalue weighted by molar-refractivity contribution is 5.80. The molecule has 0 spiro atoms. The number of hydrogen-bond donors (Lipinski definition) is 2. The van der Waals surface area contributed by atoms with Crippen LogP contribution in [0.1, 0.15) is 38.5 Å². The van der Waals surface area contributed by atoms with Gasteiger partial charge >= 0.3 is 5.97 Å². The minimum absolute atomic E-state index is 0.0423. The maximum Gasteiger partial charge on any atom is 0.324 e. The van der Waals surface area contributed by atoms with Crippen LogP contribution in [0.3, 0.4) is 0 Å². The summed E-state index contributed by atoms with van der Waals surface area (Å²) in [5.74, 6) is -0.732. The zero-order valence-electron chi connectivity index (χ0n) is 11.9. The number of carboxylic acids is 1. The van der Waals surface area contributed by atoms with E-state index in [0.717, 1.165) is 25.7 Å². The number of hydrogen-bond acceptors (Lipinski definition) is 3. The number of halogens is 2. The van der Waals surface area contributed by atoms with Gasteiger partial charge in [0.2, 0.25) is 0 Å². The molecule has 0 aromatic carbocycles. The van der Waals surface area contributed by atoms with E-state index in [1.807, 2.05) is 0 Å². The van der Waals surface area contributed by atoms with Gasteiger partial charge in [-0.15, -0.1) is 0 Å². The highest BCUT2D eigenvalue weighted by Crippen LogP contribution is 2.40. The fourth-order valence-electron chi connectivity index (χ4n) is 3.30. The van der Waals surface area contributed by atoms with Gasteiger partial charge in [-0.2, -0.15) is 0 Å². The van der Waals surface area contributed by atoms with E-state index in [-0.39, 0.29) is 12.5 Å². The molecule has 0 heterocycles. The lowest BCUT2D eigenvalue weighted by molar-refractivity contribution is -0.147. The quantitative estimate of drug-likeness (QED) is 0.717.